The second-order valence-corrected chi connectivity index (χ2v) is 5.65. The van der Waals surface area contributed by atoms with Crippen LogP contribution in [0.2, 0.25) is 0 Å². The van der Waals surface area contributed by atoms with Crippen molar-refractivity contribution in [3.05, 3.63) is 63.6 Å². The van der Waals surface area contributed by atoms with Crippen LogP contribution in [0.4, 0.5) is 18.9 Å². The zero-order valence-corrected chi connectivity index (χ0v) is 13.3. The van der Waals surface area contributed by atoms with Crippen molar-refractivity contribution in [1.29, 1.82) is 0 Å². The van der Waals surface area contributed by atoms with E-state index in [1.165, 1.54) is 18.2 Å². The molecule has 2 heterocycles. The Bertz CT molecular complexity index is 1100. The topological polar surface area (TPSA) is 98.2 Å². The monoisotopic (exact) mass is 363 g/mol. The van der Waals surface area contributed by atoms with E-state index in [1.54, 1.807) is 6.92 Å². The minimum absolute atomic E-state index is 0.0875. The molecule has 0 fully saturated rings. The lowest BCUT2D eigenvalue weighted by molar-refractivity contribution is -0.141. The summed E-state index contributed by atoms with van der Waals surface area (Å²) in [6, 6.07) is 7.19. The van der Waals surface area contributed by atoms with Crippen LogP contribution in [0.5, 0.6) is 0 Å². The van der Waals surface area contributed by atoms with Gasteiger partial charge >= 0.3 is 12.1 Å². The number of hydrogen-bond acceptors (Lipinski definition) is 4. The molecule has 1 aromatic carbocycles. The molecule has 0 aliphatic heterocycles. The number of carboxylic acid groups (broad SMARTS) is 1. The number of nitrogens with two attached hydrogens (primary N) is 1. The Labute approximate surface area is 144 Å². The SMILES string of the molecule is Cc1cc(-n2c(=O)c(C(=O)O)cc3ccc(C(F)(F)F)nc32)ccc1N. The highest BCUT2D eigenvalue weighted by Crippen LogP contribution is 2.29. The second kappa shape index (κ2) is 5.87. The zero-order chi connectivity index (χ0) is 19.2. The molecular formula is C17H12F3N3O3. The van der Waals surface area contributed by atoms with E-state index in [2.05, 4.69) is 4.98 Å². The van der Waals surface area contributed by atoms with E-state index >= 15 is 0 Å². The number of nitrogens with zero attached hydrogens (tertiary/aromatic N) is 2. The molecule has 2 aromatic heterocycles. The number of aromatic carboxylic acids is 1. The van der Waals surface area contributed by atoms with Crippen molar-refractivity contribution in [1.82, 2.24) is 9.55 Å². The number of pyridine rings is 2. The van der Waals surface area contributed by atoms with E-state index < -0.39 is 29.0 Å². The first kappa shape index (κ1) is 17.5. The smallest absolute Gasteiger partial charge is 0.433 e. The summed E-state index contributed by atoms with van der Waals surface area (Å²) in [4.78, 5) is 27.5. The zero-order valence-electron chi connectivity index (χ0n) is 13.3. The highest BCUT2D eigenvalue weighted by molar-refractivity contribution is 5.92. The molecule has 0 spiro atoms. The predicted octanol–water partition coefficient (Wildman–Crippen LogP) is 2.99. The van der Waals surface area contributed by atoms with Crippen molar-refractivity contribution in [2.75, 3.05) is 5.73 Å². The first-order chi connectivity index (χ1) is 12.1. The molecule has 0 atom stereocenters. The van der Waals surface area contributed by atoms with Crippen molar-refractivity contribution in [3.8, 4) is 5.69 Å². The molecule has 0 aliphatic carbocycles. The molecule has 0 bridgehead atoms. The standard InChI is InChI=1S/C17H12F3N3O3/c1-8-6-10(3-4-12(8)21)23-14-9(7-11(15(23)24)16(25)26)2-5-13(22-14)17(18,19)20/h2-7H,21H2,1H3,(H,25,26). The maximum atomic E-state index is 13.0. The number of rotatable bonds is 2. The summed E-state index contributed by atoms with van der Waals surface area (Å²) in [6.07, 6.45) is -4.71. The van der Waals surface area contributed by atoms with Crippen LogP contribution in [0.1, 0.15) is 21.6 Å². The fourth-order valence-electron chi connectivity index (χ4n) is 2.53. The summed E-state index contributed by atoms with van der Waals surface area (Å²) in [5, 5.41) is 9.33. The highest BCUT2D eigenvalue weighted by Gasteiger charge is 2.33. The first-order valence-corrected chi connectivity index (χ1v) is 7.33. The third kappa shape index (κ3) is 2.87. The van der Waals surface area contributed by atoms with Crippen LogP contribution in [0.25, 0.3) is 16.7 Å². The molecule has 6 nitrogen and oxygen atoms in total. The Morgan fingerprint density at radius 3 is 2.46 bits per heavy atom. The maximum Gasteiger partial charge on any atom is 0.433 e. The summed E-state index contributed by atoms with van der Waals surface area (Å²) in [6.45, 7) is 1.65. The molecule has 3 rings (SSSR count). The summed E-state index contributed by atoms with van der Waals surface area (Å²) in [5.74, 6) is -1.49. The van der Waals surface area contributed by atoms with Gasteiger partial charge in [-0.1, -0.05) is 0 Å². The Morgan fingerprint density at radius 1 is 1.19 bits per heavy atom. The van der Waals surface area contributed by atoms with Crippen molar-refractivity contribution in [3.63, 3.8) is 0 Å². The Balaban J connectivity index is 2.46. The molecular weight excluding hydrogens is 351 g/mol. The molecule has 9 heteroatoms. The van der Waals surface area contributed by atoms with Crippen molar-refractivity contribution in [2.45, 2.75) is 13.1 Å². The van der Waals surface area contributed by atoms with Gasteiger partial charge in [-0.15, -0.1) is 0 Å². The summed E-state index contributed by atoms with van der Waals surface area (Å²) < 4.78 is 39.9. The van der Waals surface area contributed by atoms with Crippen molar-refractivity contribution in [2.24, 2.45) is 0 Å². The van der Waals surface area contributed by atoms with Crippen LogP contribution in [0.15, 0.2) is 41.2 Å². The Morgan fingerprint density at radius 2 is 1.88 bits per heavy atom. The lowest BCUT2D eigenvalue weighted by Crippen LogP contribution is -2.26. The van der Waals surface area contributed by atoms with Gasteiger partial charge in [0, 0.05) is 11.1 Å². The number of halogens is 3. The fraction of sp³-hybridized carbons (Fsp3) is 0.118. The molecule has 3 N–H and O–H groups in total. The number of hydrogen-bond donors (Lipinski definition) is 2. The molecule has 0 aliphatic rings. The first-order valence-electron chi connectivity index (χ1n) is 7.33. The van der Waals surface area contributed by atoms with Crippen molar-refractivity contribution >= 4 is 22.7 Å². The quantitative estimate of drug-likeness (QED) is 0.682. The summed E-state index contributed by atoms with van der Waals surface area (Å²) >= 11 is 0. The highest BCUT2D eigenvalue weighted by atomic mass is 19.4. The normalized spacial score (nSPS) is 11.7. The molecule has 0 unspecified atom stereocenters. The second-order valence-electron chi connectivity index (χ2n) is 5.65. The number of benzene rings is 1. The lowest BCUT2D eigenvalue weighted by atomic mass is 10.1. The average molecular weight is 363 g/mol. The summed E-state index contributed by atoms with van der Waals surface area (Å²) in [5.41, 5.74) is 3.86. The fourth-order valence-corrected chi connectivity index (χ4v) is 2.53. The number of aryl methyl sites for hydroxylation is 1. The van der Waals surface area contributed by atoms with E-state index in [0.717, 1.165) is 22.8 Å². The number of nitrogen functional groups attached to an aromatic ring is 1. The van der Waals surface area contributed by atoms with Gasteiger partial charge in [-0.25, -0.2) is 9.78 Å². The molecule has 3 aromatic rings. The molecule has 0 saturated heterocycles. The van der Waals surface area contributed by atoms with E-state index in [1.807, 2.05) is 0 Å². The van der Waals surface area contributed by atoms with Crippen molar-refractivity contribution < 1.29 is 23.1 Å². The number of alkyl halides is 3. The van der Waals surface area contributed by atoms with Crippen LogP contribution in [0.3, 0.4) is 0 Å². The van der Waals surface area contributed by atoms with Gasteiger partial charge in [0.25, 0.3) is 5.56 Å². The van der Waals surface area contributed by atoms with E-state index in [0.29, 0.717) is 11.3 Å². The average Bonchev–Trinajstić information content (AvgIpc) is 2.55. The summed E-state index contributed by atoms with van der Waals surface area (Å²) in [7, 11) is 0. The minimum atomic E-state index is -4.71. The number of anilines is 1. The van der Waals surface area contributed by atoms with Crippen LogP contribution in [0, 0.1) is 6.92 Å². The van der Waals surface area contributed by atoms with Gasteiger partial charge in [-0.05, 0) is 48.9 Å². The number of aromatic nitrogens is 2. The van der Waals surface area contributed by atoms with Gasteiger partial charge < -0.3 is 10.8 Å². The predicted molar refractivity (Wildman–Crippen MR) is 88.5 cm³/mol. The van der Waals surface area contributed by atoms with Gasteiger partial charge in [-0.2, -0.15) is 13.2 Å². The third-order valence-electron chi connectivity index (χ3n) is 3.88. The van der Waals surface area contributed by atoms with Crippen LogP contribution in [-0.4, -0.2) is 20.6 Å². The molecule has 134 valence electrons. The third-order valence-corrected chi connectivity index (χ3v) is 3.88. The Hall–Kier alpha value is -3.36. The molecule has 0 amide bonds. The molecule has 0 saturated carbocycles. The van der Waals surface area contributed by atoms with Gasteiger partial charge in [0.15, 0.2) is 0 Å². The van der Waals surface area contributed by atoms with Crippen LogP contribution < -0.4 is 11.3 Å². The number of fused-ring (bicyclic) bond motifs is 1. The van der Waals surface area contributed by atoms with E-state index in [4.69, 9.17) is 5.73 Å². The Kier molecular flexibility index (Phi) is 3.94. The number of carbonyl (C=O) groups is 1. The van der Waals surface area contributed by atoms with Gasteiger partial charge in [0.1, 0.15) is 16.9 Å². The van der Waals surface area contributed by atoms with Crippen LogP contribution >= 0.6 is 0 Å². The van der Waals surface area contributed by atoms with E-state index in [-0.39, 0.29) is 16.7 Å². The number of carboxylic acids is 1. The van der Waals surface area contributed by atoms with Gasteiger partial charge in [0.05, 0.1) is 5.69 Å². The van der Waals surface area contributed by atoms with E-state index in [9.17, 15) is 27.9 Å². The lowest BCUT2D eigenvalue weighted by Gasteiger charge is -2.14. The van der Waals surface area contributed by atoms with Gasteiger partial charge in [0.2, 0.25) is 0 Å². The van der Waals surface area contributed by atoms with Crippen LogP contribution in [-0.2, 0) is 6.18 Å². The van der Waals surface area contributed by atoms with Gasteiger partial charge in [-0.3, -0.25) is 9.36 Å². The largest absolute Gasteiger partial charge is 0.477 e. The molecule has 26 heavy (non-hydrogen) atoms. The molecule has 0 radical (unpaired) electrons. The maximum absolute atomic E-state index is 13.0. The minimum Gasteiger partial charge on any atom is -0.477 e.